The molecule has 1 aliphatic rings. The lowest BCUT2D eigenvalue weighted by atomic mass is 9.95. The van der Waals surface area contributed by atoms with Crippen molar-refractivity contribution in [2.24, 2.45) is 5.92 Å². The molecule has 0 spiro atoms. The van der Waals surface area contributed by atoms with Gasteiger partial charge in [0.05, 0.1) is 7.11 Å². The largest absolute Gasteiger partial charge is 0.497 e. The number of halogens is 1. The molecular weight excluding hydrogens is 398 g/mol. The summed E-state index contributed by atoms with van der Waals surface area (Å²) in [5.41, 5.74) is 0.632. The van der Waals surface area contributed by atoms with Gasteiger partial charge < -0.3 is 15.0 Å². The lowest BCUT2D eigenvalue weighted by Crippen LogP contribution is -2.41. The molecule has 136 valence electrons. The fourth-order valence-electron chi connectivity index (χ4n) is 2.94. The van der Waals surface area contributed by atoms with Crippen molar-refractivity contribution in [1.29, 1.82) is 0 Å². The van der Waals surface area contributed by atoms with E-state index in [0.717, 1.165) is 10.2 Å². The Balaban J connectivity index is 1.53. The zero-order valence-corrected chi connectivity index (χ0v) is 16.0. The van der Waals surface area contributed by atoms with E-state index in [1.807, 2.05) is 6.07 Å². The summed E-state index contributed by atoms with van der Waals surface area (Å²) >= 11 is 3.32. The SMILES string of the molecule is COc1ccc(C(=O)N2CCC(C(=O)Nc3ccc(Br)cn3)CC2)cc1. The molecule has 0 unspecified atom stereocenters. The maximum Gasteiger partial charge on any atom is 0.253 e. The highest BCUT2D eigenvalue weighted by atomic mass is 79.9. The fraction of sp³-hybridized carbons (Fsp3) is 0.316. The van der Waals surface area contributed by atoms with Gasteiger partial charge in [-0.2, -0.15) is 0 Å². The quantitative estimate of drug-likeness (QED) is 0.827. The summed E-state index contributed by atoms with van der Waals surface area (Å²) in [4.78, 5) is 30.9. The third-order valence-electron chi connectivity index (χ3n) is 4.47. The molecule has 0 radical (unpaired) electrons. The number of piperidine rings is 1. The van der Waals surface area contributed by atoms with Crippen LogP contribution in [-0.4, -0.2) is 41.9 Å². The van der Waals surface area contributed by atoms with Crippen molar-refractivity contribution in [3.63, 3.8) is 0 Å². The van der Waals surface area contributed by atoms with Crippen LogP contribution in [0.3, 0.4) is 0 Å². The number of anilines is 1. The maximum atomic E-state index is 12.6. The predicted molar refractivity (Wildman–Crippen MR) is 102 cm³/mol. The second-order valence-electron chi connectivity index (χ2n) is 6.15. The normalized spacial score (nSPS) is 14.8. The maximum absolute atomic E-state index is 12.6. The first kappa shape index (κ1) is 18.4. The molecule has 26 heavy (non-hydrogen) atoms. The molecular formula is C19H20BrN3O3. The first-order valence-corrected chi connectivity index (χ1v) is 9.22. The van der Waals surface area contributed by atoms with Crippen molar-refractivity contribution in [2.45, 2.75) is 12.8 Å². The zero-order chi connectivity index (χ0) is 18.5. The minimum atomic E-state index is -0.111. The van der Waals surface area contributed by atoms with E-state index in [0.29, 0.717) is 37.3 Å². The summed E-state index contributed by atoms with van der Waals surface area (Å²) in [5.74, 6) is 1.09. The van der Waals surface area contributed by atoms with Crippen LogP contribution in [0.15, 0.2) is 47.1 Å². The third kappa shape index (κ3) is 4.40. The Labute approximate surface area is 160 Å². The summed E-state index contributed by atoms with van der Waals surface area (Å²) < 4.78 is 5.97. The van der Waals surface area contributed by atoms with Crippen LogP contribution in [0.5, 0.6) is 5.75 Å². The van der Waals surface area contributed by atoms with Crippen molar-refractivity contribution < 1.29 is 14.3 Å². The molecule has 6 nitrogen and oxygen atoms in total. The molecule has 2 aromatic rings. The number of rotatable bonds is 4. The summed E-state index contributed by atoms with van der Waals surface area (Å²) in [5, 5.41) is 2.84. The van der Waals surface area contributed by atoms with Crippen LogP contribution in [0.4, 0.5) is 5.82 Å². The van der Waals surface area contributed by atoms with Gasteiger partial charge in [-0.05, 0) is 65.2 Å². The van der Waals surface area contributed by atoms with Crippen molar-refractivity contribution in [3.05, 3.63) is 52.6 Å². The van der Waals surface area contributed by atoms with Gasteiger partial charge in [-0.15, -0.1) is 0 Å². The molecule has 1 aliphatic heterocycles. The molecule has 7 heteroatoms. The number of ether oxygens (including phenoxy) is 1. The number of likely N-dealkylation sites (tertiary alicyclic amines) is 1. The number of carbonyl (C=O) groups excluding carboxylic acids is 2. The van der Waals surface area contributed by atoms with Gasteiger partial charge in [-0.1, -0.05) is 0 Å². The molecule has 0 bridgehead atoms. The Kier molecular flexibility index (Phi) is 5.88. The van der Waals surface area contributed by atoms with Crippen LogP contribution >= 0.6 is 15.9 Å². The van der Waals surface area contributed by atoms with Gasteiger partial charge in [-0.3, -0.25) is 9.59 Å². The van der Waals surface area contributed by atoms with Gasteiger partial charge in [0.1, 0.15) is 11.6 Å². The molecule has 1 aromatic heterocycles. The monoisotopic (exact) mass is 417 g/mol. The van der Waals surface area contributed by atoms with Crippen molar-refractivity contribution >= 4 is 33.6 Å². The van der Waals surface area contributed by atoms with Crippen LogP contribution in [0.2, 0.25) is 0 Å². The molecule has 0 saturated carbocycles. The second-order valence-corrected chi connectivity index (χ2v) is 7.06. The number of pyridine rings is 1. The van der Waals surface area contributed by atoms with Gasteiger partial charge in [0.2, 0.25) is 5.91 Å². The molecule has 3 rings (SSSR count). The minimum Gasteiger partial charge on any atom is -0.497 e. The average molecular weight is 418 g/mol. The molecule has 1 aromatic carbocycles. The van der Waals surface area contributed by atoms with Crippen molar-refractivity contribution in [1.82, 2.24) is 9.88 Å². The molecule has 1 fully saturated rings. The van der Waals surface area contributed by atoms with E-state index in [2.05, 4.69) is 26.2 Å². The molecule has 0 atom stereocenters. The average Bonchev–Trinajstić information content (AvgIpc) is 2.69. The van der Waals surface area contributed by atoms with Crippen molar-refractivity contribution in [3.8, 4) is 5.75 Å². The van der Waals surface area contributed by atoms with Gasteiger partial charge in [0, 0.05) is 35.2 Å². The topological polar surface area (TPSA) is 71.5 Å². The third-order valence-corrected chi connectivity index (χ3v) is 4.94. The van der Waals surface area contributed by atoms with E-state index in [1.165, 1.54) is 0 Å². The smallest absolute Gasteiger partial charge is 0.253 e. The number of nitrogens with zero attached hydrogens (tertiary/aromatic N) is 2. The standard InChI is InChI=1S/C19H20BrN3O3/c1-26-16-5-2-14(3-6-16)19(25)23-10-8-13(9-11-23)18(24)22-17-7-4-15(20)12-21-17/h2-7,12-13H,8-11H2,1H3,(H,21,22,24). The predicted octanol–water partition coefficient (Wildman–Crippen LogP) is 3.34. The summed E-state index contributed by atoms with van der Waals surface area (Å²) in [7, 11) is 1.59. The number of amides is 2. The molecule has 2 amide bonds. The molecule has 1 N–H and O–H groups in total. The van der Waals surface area contributed by atoms with E-state index >= 15 is 0 Å². The highest BCUT2D eigenvalue weighted by Crippen LogP contribution is 2.22. The molecule has 2 heterocycles. The summed E-state index contributed by atoms with van der Waals surface area (Å²) in [6.07, 6.45) is 2.93. The molecule has 1 saturated heterocycles. The van der Waals surface area contributed by atoms with E-state index in [-0.39, 0.29) is 17.7 Å². The van der Waals surface area contributed by atoms with Crippen molar-refractivity contribution in [2.75, 3.05) is 25.5 Å². The second kappa shape index (κ2) is 8.31. The summed E-state index contributed by atoms with van der Waals surface area (Å²) in [6.45, 7) is 1.13. The number of nitrogens with one attached hydrogen (secondary N) is 1. The highest BCUT2D eigenvalue weighted by Gasteiger charge is 2.28. The number of benzene rings is 1. The number of carbonyl (C=O) groups is 2. The Hall–Kier alpha value is -2.41. The van der Waals surface area contributed by atoms with E-state index in [1.54, 1.807) is 48.5 Å². The Morgan fingerprint density at radius 1 is 1.15 bits per heavy atom. The van der Waals surface area contributed by atoms with Crippen LogP contribution < -0.4 is 10.1 Å². The number of hydrogen-bond acceptors (Lipinski definition) is 4. The lowest BCUT2D eigenvalue weighted by molar-refractivity contribution is -0.121. The zero-order valence-electron chi connectivity index (χ0n) is 14.4. The number of methoxy groups -OCH3 is 1. The Morgan fingerprint density at radius 3 is 2.42 bits per heavy atom. The van der Waals surface area contributed by atoms with Crippen LogP contribution in [0.1, 0.15) is 23.2 Å². The Bertz CT molecular complexity index is 770. The Morgan fingerprint density at radius 2 is 1.85 bits per heavy atom. The first-order valence-electron chi connectivity index (χ1n) is 8.42. The van der Waals surface area contributed by atoms with Crippen LogP contribution in [0.25, 0.3) is 0 Å². The lowest BCUT2D eigenvalue weighted by Gasteiger charge is -2.31. The van der Waals surface area contributed by atoms with Crippen LogP contribution in [0, 0.1) is 5.92 Å². The van der Waals surface area contributed by atoms with Gasteiger partial charge in [-0.25, -0.2) is 4.98 Å². The first-order chi connectivity index (χ1) is 12.6. The fourth-order valence-corrected chi connectivity index (χ4v) is 3.17. The minimum absolute atomic E-state index is 0.0129. The summed E-state index contributed by atoms with van der Waals surface area (Å²) in [6, 6.07) is 10.7. The van der Waals surface area contributed by atoms with Gasteiger partial charge in [0.25, 0.3) is 5.91 Å². The highest BCUT2D eigenvalue weighted by molar-refractivity contribution is 9.10. The van der Waals surface area contributed by atoms with Gasteiger partial charge in [0.15, 0.2) is 0 Å². The number of hydrogen-bond donors (Lipinski definition) is 1. The van der Waals surface area contributed by atoms with Gasteiger partial charge >= 0.3 is 0 Å². The van der Waals surface area contributed by atoms with Crippen LogP contribution in [-0.2, 0) is 4.79 Å². The van der Waals surface area contributed by atoms with E-state index in [9.17, 15) is 9.59 Å². The van der Waals surface area contributed by atoms with E-state index in [4.69, 9.17) is 4.74 Å². The van der Waals surface area contributed by atoms with E-state index < -0.39 is 0 Å². The number of aromatic nitrogens is 1. The molecule has 0 aliphatic carbocycles.